The average Bonchev–Trinajstić information content (AvgIpc) is 2.02. The molecule has 4 nitrogen and oxygen atoms in total. The summed E-state index contributed by atoms with van der Waals surface area (Å²) in [6.45, 7) is 4.11. The van der Waals surface area contributed by atoms with E-state index in [0.29, 0.717) is 6.54 Å². The van der Waals surface area contributed by atoms with E-state index in [4.69, 9.17) is 5.73 Å². The van der Waals surface area contributed by atoms with Crippen LogP contribution in [0.2, 0.25) is 0 Å². The summed E-state index contributed by atoms with van der Waals surface area (Å²) in [6, 6.07) is 0. The summed E-state index contributed by atoms with van der Waals surface area (Å²) in [6.07, 6.45) is 3.00. The standard InChI is InChI=1S/C9H17N2O2/c1-9(13)3-6-11(7-4-9)5-2-8(10)12/h2,13H,3-7H2,1H3,(H2,10,12). The Morgan fingerprint density at radius 2 is 2.15 bits per heavy atom. The lowest BCUT2D eigenvalue weighted by Crippen LogP contribution is -2.43. The van der Waals surface area contributed by atoms with Crippen LogP contribution < -0.4 is 5.73 Å². The van der Waals surface area contributed by atoms with E-state index in [1.54, 1.807) is 0 Å². The number of hydrogen-bond acceptors (Lipinski definition) is 3. The molecule has 0 bridgehead atoms. The van der Waals surface area contributed by atoms with Gasteiger partial charge >= 0.3 is 0 Å². The summed E-state index contributed by atoms with van der Waals surface area (Å²) in [5.74, 6) is -0.377. The Morgan fingerprint density at radius 1 is 1.62 bits per heavy atom. The fourth-order valence-electron chi connectivity index (χ4n) is 1.44. The van der Waals surface area contributed by atoms with Crippen LogP contribution in [-0.2, 0) is 4.79 Å². The number of hydrogen-bond donors (Lipinski definition) is 2. The third-order valence-corrected chi connectivity index (χ3v) is 2.48. The minimum Gasteiger partial charge on any atom is -0.390 e. The molecule has 13 heavy (non-hydrogen) atoms. The van der Waals surface area contributed by atoms with Gasteiger partial charge in [0.25, 0.3) is 0 Å². The van der Waals surface area contributed by atoms with Gasteiger partial charge in [0.1, 0.15) is 0 Å². The number of amides is 1. The molecule has 0 atom stereocenters. The van der Waals surface area contributed by atoms with Crippen molar-refractivity contribution in [3.8, 4) is 0 Å². The average molecular weight is 185 g/mol. The molecule has 1 amide bonds. The van der Waals surface area contributed by atoms with Gasteiger partial charge in [0, 0.05) is 19.6 Å². The number of nitrogens with two attached hydrogens (primary N) is 1. The van der Waals surface area contributed by atoms with Gasteiger partial charge in [-0.1, -0.05) is 0 Å². The molecule has 3 N–H and O–H groups in total. The molecule has 1 rings (SSSR count). The van der Waals surface area contributed by atoms with E-state index in [2.05, 4.69) is 4.90 Å². The number of piperidine rings is 1. The maximum Gasteiger partial charge on any atom is 0.222 e. The number of carbonyl (C=O) groups is 1. The maximum absolute atomic E-state index is 10.5. The summed E-state index contributed by atoms with van der Waals surface area (Å²) < 4.78 is 0. The summed E-state index contributed by atoms with van der Waals surface area (Å²) in [5.41, 5.74) is 4.47. The van der Waals surface area contributed by atoms with E-state index in [-0.39, 0.29) is 5.91 Å². The highest BCUT2D eigenvalue weighted by Gasteiger charge is 2.26. The molecular weight excluding hydrogens is 168 g/mol. The highest BCUT2D eigenvalue weighted by atomic mass is 16.3. The molecule has 1 radical (unpaired) electrons. The van der Waals surface area contributed by atoms with E-state index in [0.717, 1.165) is 25.9 Å². The van der Waals surface area contributed by atoms with E-state index in [9.17, 15) is 9.90 Å². The second-order valence-corrected chi connectivity index (χ2v) is 3.90. The van der Waals surface area contributed by atoms with E-state index >= 15 is 0 Å². The van der Waals surface area contributed by atoms with Gasteiger partial charge in [-0.2, -0.15) is 0 Å². The number of primary amides is 1. The fraction of sp³-hybridized carbons (Fsp3) is 0.778. The predicted molar refractivity (Wildman–Crippen MR) is 49.8 cm³/mol. The SMILES string of the molecule is CC1(O)CCN(C[CH]C(N)=O)CC1. The number of aliphatic hydroxyl groups is 1. The lowest BCUT2D eigenvalue weighted by molar-refractivity contribution is -0.115. The summed E-state index contributed by atoms with van der Waals surface area (Å²) in [5, 5.41) is 9.64. The Balaban J connectivity index is 2.21. The van der Waals surface area contributed by atoms with Gasteiger partial charge in [0.05, 0.1) is 12.0 Å². The first-order valence-electron chi connectivity index (χ1n) is 4.57. The van der Waals surface area contributed by atoms with Crippen LogP contribution in [0.3, 0.4) is 0 Å². The maximum atomic E-state index is 10.5. The minimum atomic E-state index is -0.525. The monoisotopic (exact) mass is 185 g/mol. The molecule has 0 aromatic heterocycles. The zero-order chi connectivity index (χ0) is 9.90. The molecule has 1 aliphatic rings. The van der Waals surface area contributed by atoms with Crippen LogP contribution in [0.15, 0.2) is 0 Å². The van der Waals surface area contributed by atoms with Crippen molar-refractivity contribution < 1.29 is 9.90 Å². The van der Waals surface area contributed by atoms with Crippen LogP contribution in [0.4, 0.5) is 0 Å². The van der Waals surface area contributed by atoms with Crippen LogP contribution in [0.1, 0.15) is 19.8 Å². The highest BCUT2D eigenvalue weighted by molar-refractivity contribution is 5.83. The highest BCUT2D eigenvalue weighted by Crippen LogP contribution is 2.20. The first-order valence-corrected chi connectivity index (χ1v) is 4.57. The third kappa shape index (κ3) is 3.74. The Hall–Kier alpha value is -0.610. The Kier molecular flexibility index (Phi) is 3.27. The molecule has 0 aliphatic carbocycles. The van der Waals surface area contributed by atoms with Crippen molar-refractivity contribution in [3.63, 3.8) is 0 Å². The lowest BCUT2D eigenvalue weighted by atomic mass is 9.94. The molecule has 4 heteroatoms. The Bertz CT molecular complexity index is 182. The summed E-state index contributed by atoms with van der Waals surface area (Å²) in [7, 11) is 0. The fourth-order valence-corrected chi connectivity index (χ4v) is 1.44. The molecule has 0 aromatic rings. The van der Waals surface area contributed by atoms with Crippen LogP contribution in [0.25, 0.3) is 0 Å². The first kappa shape index (κ1) is 10.5. The van der Waals surface area contributed by atoms with Crippen molar-refractivity contribution in [1.29, 1.82) is 0 Å². The van der Waals surface area contributed by atoms with Gasteiger partial charge in [0.2, 0.25) is 5.91 Å². The third-order valence-electron chi connectivity index (χ3n) is 2.48. The Labute approximate surface area is 78.7 Å². The van der Waals surface area contributed by atoms with E-state index < -0.39 is 5.60 Å². The van der Waals surface area contributed by atoms with Crippen molar-refractivity contribution in [2.45, 2.75) is 25.4 Å². The van der Waals surface area contributed by atoms with Crippen LogP contribution in [0, 0.1) is 6.42 Å². The van der Waals surface area contributed by atoms with Crippen molar-refractivity contribution in [2.24, 2.45) is 5.73 Å². The molecule has 1 saturated heterocycles. The van der Waals surface area contributed by atoms with Crippen LogP contribution >= 0.6 is 0 Å². The van der Waals surface area contributed by atoms with Crippen molar-refractivity contribution in [2.75, 3.05) is 19.6 Å². The van der Waals surface area contributed by atoms with E-state index in [1.165, 1.54) is 6.42 Å². The second kappa shape index (κ2) is 4.07. The first-order chi connectivity index (χ1) is 5.99. The zero-order valence-corrected chi connectivity index (χ0v) is 7.99. The molecule has 1 aliphatic heterocycles. The summed E-state index contributed by atoms with van der Waals surface area (Å²) in [4.78, 5) is 12.6. The topological polar surface area (TPSA) is 66.6 Å². The van der Waals surface area contributed by atoms with Gasteiger partial charge in [-0.25, -0.2) is 0 Å². The minimum absolute atomic E-state index is 0.377. The van der Waals surface area contributed by atoms with Crippen molar-refractivity contribution in [3.05, 3.63) is 6.42 Å². The predicted octanol–water partition coefficient (Wildman–Crippen LogP) is -0.477. The zero-order valence-electron chi connectivity index (χ0n) is 7.99. The van der Waals surface area contributed by atoms with Gasteiger partial charge in [-0.15, -0.1) is 0 Å². The largest absolute Gasteiger partial charge is 0.390 e. The quantitative estimate of drug-likeness (QED) is 0.624. The number of likely N-dealkylation sites (tertiary alicyclic amines) is 1. The Morgan fingerprint density at radius 3 is 2.62 bits per heavy atom. The van der Waals surface area contributed by atoms with Gasteiger partial charge < -0.3 is 15.7 Å². The number of rotatable bonds is 3. The molecule has 0 spiro atoms. The second-order valence-electron chi connectivity index (χ2n) is 3.90. The summed E-state index contributed by atoms with van der Waals surface area (Å²) >= 11 is 0. The molecule has 1 heterocycles. The van der Waals surface area contributed by atoms with E-state index in [1.807, 2.05) is 6.92 Å². The lowest BCUT2D eigenvalue weighted by Gasteiger charge is -2.35. The van der Waals surface area contributed by atoms with Gasteiger partial charge in [-0.05, 0) is 19.8 Å². The van der Waals surface area contributed by atoms with Crippen molar-refractivity contribution in [1.82, 2.24) is 4.90 Å². The van der Waals surface area contributed by atoms with Crippen molar-refractivity contribution >= 4 is 5.91 Å². The molecule has 0 unspecified atom stereocenters. The van der Waals surface area contributed by atoms with Crippen LogP contribution in [0.5, 0.6) is 0 Å². The molecular formula is C9H17N2O2. The normalized spacial score (nSPS) is 22.9. The van der Waals surface area contributed by atoms with Gasteiger partial charge in [-0.3, -0.25) is 4.79 Å². The molecule has 1 fully saturated rings. The molecule has 0 saturated carbocycles. The van der Waals surface area contributed by atoms with Gasteiger partial charge in [0.15, 0.2) is 0 Å². The molecule has 0 aromatic carbocycles. The number of nitrogens with zero attached hydrogens (tertiary/aromatic N) is 1. The molecule has 75 valence electrons. The smallest absolute Gasteiger partial charge is 0.222 e. The number of carbonyl (C=O) groups excluding carboxylic acids is 1. The van der Waals surface area contributed by atoms with Crippen LogP contribution in [-0.4, -0.2) is 41.1 Å².